The van der Waals surface area contributed by atoms with Crippen molar-refractivity contribution in [2.24, 2.45) is 11.7 Å². The highest BCUT2D eigenvalue weighted by atomic mass is 32.2. The molecule has 1 heterocycles. The summed E-state index contributed by atoms with van der Waals surface area (Å²) in [5.74, 6) is -9.57. The lowest BCUT2D eigenvalue weighted by Crippen LogP contribution is -2.63. The Hall–Kier alpha value is -6.10. The molecule has 3 rings (SSSR count). The van der Waals surface area contributed by atoms with Gasteiger partial charge in [-0.15, -0.1) is 0 Å². The van der Waals surface area contributed by atoms with E-state index in [9.17, 15) is 63.6 Å². The van der Waals surface area contributed by atoms with Crippen molar-refractivity contribution in [1.82, 2.24) is 37.2 Å². The summed E-state index contributed by atoms with van der Waals surface area (Å²) in [5.41, 5.74) is 7.17. The summed E-state index contributed by atoms with van der Waals surface area (Å²) in [5, 5.41) is 56.5. The van der Waals surface area contributed by atoms with E-state index < -0.39 is 132 Å². The molecule has 66 heavy (non-hydrogen) atoms. The van der Waals surface area contributed by atoms with Gasteiger partial charge in [-0.2, -0.15) is 0 Å². The average Bonchev–Trinajstić information content (AvgIpc) is 3.28. The third kappa shape index (κ3) is 17.0. The van der Waals surface area contributed by atoms with Crippen molar-refractivity contribution >= 4 is 64.2 Å². The van der Waals surface area contributed by atoms with Gasteiger partial charge in [0.05, 0.1) is 31.2 Å². The zero-order chi connectivity index (χ0) is 49.1. The van der Waals surface area contributed by atoms with Crippen LogP contribution in [0.5, 0.6) is 5.75 Å². The first-order valence-corrected chi connectivity index (χ1v) is 22.6. The van der Waals surface area contributed by atoms with Crippen LogP contribution in [0.2, 0.25) is 0 Å². The number of carbonyl (C=O) groups excluding carboxylic acids is 8. The topological polar surface area (TPSA) is 345 Å². The minimum Gasteiger partial charge on any atom is -0.508 e. The molecule has 1 fully saturated rings. The number of phenols is 1. The Kier molecular flexibility index (Phi) is 22.0. The standard InChI is InChI=1S/C44H62N8O13S/c1-5-7-13-29-44(65)66-22-33(50-43(64)36(24(4)54)52-40(61)32(21-53)49-37(58)28(45)18-26-14-16-27(55)17-15-26)41(62)48-31(20-34(56)57)38(59)47-30(19-25-11-9-8-10-12-25)39(60)51-35(23(3)6-2)42(63)46-29/h8-12,14-17,23-24,28-33,35-36,53-55H,5-7,13,18-22,45H2,1-4H3,(H,46,63)(H,47,59)(H,48,62)(H,49,58)(H,50,64)(H,51,60)(H,52,61)(H,56,57)/t23-,24+,28-,29?,30?,31-,32-,33-,35-,36-/m0/s1. The molecule has 21 nitrogen and oxygen atoms in total. The SMILES string of the molecule is CCCCC1NC(=O)[C@H]([C@@H](C)CC)NC(=O)C(Cc2ccccc2)NC(=O)[C@H](CC(=O)O)NC(=O)[C@@H](NC(=O)[C@@H](NC(=O)[C@H](CO)NC(=O)[C@@H](N)Cc2ccc(O)cc2)[C@@H](C)O)CSC1=O. The quantitative estimate of drug-likeness (QED) is 0.0744. The van der Waals surface area contributed by atoms with Crippen LogP contribution in [0.15, 0.2) is 54.6 Å². The van der Waals surface area contributed by atoms with Crippen LogP contribution in [0.1, 0.15) is 70.9 Å². The molecule has 7 amide bonds. The second-order valence-corrected chi connectivity index (χ2v) is 17.1. The van der Waals surface area contributed by atoms with Gasteiger partial charge in [-0.05, 0) is 48.9 Å². The number of aliphatic hydroxyl groups excluding tert-OH is 2. The van der Waals surface area contributed by atoms with Crippen molar-refractivity contribution in [2.75, 3.05) is 12.4 Å². The van der Waals surface area contributed by atoms with Crippen LogP contribution in [-0.2, 0) is 56.0 Å². The number of nitrogens with one attached hydrogen (secondary N) is 7. The molecule has 1 aliphatic rings. The molecule has 0 radical (unpaired) electrons. The summed E-state index contributed by atoms with van der Waals surface area (Å²) in [4.78, 5) is 122. The van der Waals surface area contributed by atoms with E-state index in [1.54, 1.807) is 44.2 Å². The largest absolute Gasteiger partial charge is 0.508 e. The first-order valence-electron chi connectivity index (χ1n) is 21.7. The van der Waals surface area contributed by atoms with Crippen molar-refractivity contribution < 1.29 is 63.6 Å². The molecule has 2 aromatic carbocycles. The Morgan fingerprint density at radius 3 is 2.00 bits per heavy atom. The van der Waals surface area contributed by atoms with Gasteiger partial charge in [0.1, 0.15) is 42.0 Å². The maximum absolute atomic E-state index is 14.1. The summed E-state index contributed by atoms with van der Waals surface area (Å²) >= 11 is 0.525. The van der Waals surface area contributed by atoms with Crippen molar-refractivity contribution in [2.45, 2.75) is 127 Å². The average molecular weight is 943 g/mol. The third-order valence-electron chi connectivity index (χ3n) is 10.8. The number of carboxylic acid groups (broad SMARTS) is 1. The number of hydrogen-bond donors (Lipinski definition) is 12. The lowest BCUT2D eigenvalue weighted by atomic mass is 9.96. The van der Waals surface area contributed by atoms with Crippen LogP contribution in [0.3, 0.4) is 0 Å². The number of aliphatic hydroxyl groups is 2. The highest BCUT2D eigenvalue weighted by Crippen LogP contribution is 2.17. The number of hydrogen-bond acceptors (Lipinski definition) is 14. The fraction of sp³-hybridized carbons (Fsp3) is 0.523. The third-order valence-corrected chi connectivity index (χ3v) is 11.9. The highest BCUT2D eigenvalue weighted by Gasteiger charge is 2.38. The predicted octanol–water partition coefficient (Wildman–Crippen LogP) is -1.74. The van der Waals surface area contributed by atoms with E-state index in [1.165, 1.54) is 24.3 Å². The van der Waals surface area contributed by atoms with Gasteiger partial charge in [-0.1, -0.05) is 94.3 Å². The number of carbonyl (C=O) groups is 9. The first-order chi connectivity index (χ1) is 31.3. The van der Waals surface area contributed by atoms with E-state index >= 15 is 0 Å². The molecule has 1 aliphatic heterocycles. The number of nitrogens with two attached hydrogens (primary N) is 1. The molecule has 0 bridgehead atoms. The molecule has 0 aromatic heterocycles. The van der Waals surface area contributed by atoms with Gasteiger partial charge < -0.3 is 63.4 Å². The number of phenolic OH excluding ortho intramolecular Hbond substituents is 1. The van der Waals surface area contributed by atoms with E-state index in [-0.39, 0.29) is 25.0 Å². The fourth-order valence-electron chi connectivity index (χ4n) is 6.68. The zero-order valence-corrected chi connectivity index (χ0v) is 38.1. The Morgan fingerprint density at radius 2 is 1.41 bits per heavy atom. The number of carboxylic acids is 1. The van der Waals surface area contributed by atoms with Gasteiger partial charge in [0, 0.05) is 12.2 Å². The Labute approximate surface area is 386 Å². The summed E-state index contributed by atoms with van der Waals surface area (Å²) in [6, 6.07) is 2.21. The van der Waals surface area contributed by atoms with E-state index in [0.29, 0.717) is 42.2 Å². The molecule has 22 heteroatoms. The Bertz CT molecular complexity index is 2010. The van der Waals surface area contributed by atoms with E-state index in [1.807, 2.05) is 6.92 Å². The second-order valence-electron chi connectivity index (χ2n) is 16.1. The number of thioether (sulfide) groups is 1. The summed E-state index contributed by atoms with van der Waals surface area (Å²) in [6.07, 6.45) is -1.13. The molecule has 1 saturated heterocycles. The van der Waals surface area contributed by atoms with Crippen LogP contribution < -0.4 is 43.0 Å². The molecule has 0 aliphatic carbocycles. The zero-order valence-electron chi connectivity index (χ0n) is 37.3. The van der Waals surface area contributed by atoms with Crippen LogP contribution in [0.25, 0.3) is 0 Å². The molecule has 0 saturated carbocycles. The van der Waals surface area contributed by atoms with Gasteiger partial charge in [0.2, 0.25) is 46.5 Å². The minimum atomic E-state index is -1.87. The lowest BCUT2D eigenvalue weighted by Gasteiger charge is -2.30. The number of aromatic hydroxyl groups is 1. The fourth-order valence-corrected chi connectivity index (χ4v) is 7.63. The monoisotopic (exact) mass is 942 g/mol. The van der Waals surface area contributed by atoms with Crippen molar-refractivity contribution in [3.8, 4) is 5.75 Å². The number of amides is 7. The molecule has 0 spiro atoms. The molecule has 10 atom stereocenters. The normalized spacial score (nSPS) is 22.2. The van der Waals surface area contributed by atoms with Gasteiger partial charge in [-0.3, -0.25) is 43.2 Å². The van der Waals surface area contributed by atoms with Crippen molar-refractivity contribution in [3.05, 3.63) is 65.7 Å². The maximum Gasteiger partial charge on any atom is 0.305 e. The maximum atomic E-state index is 14.1. The molecule has 2 aromatic rings. The van der Waals surface area contributed by atoms with Gasteiger partial charge in [0.15, 0.2) is 0 Å². The van der Waals surface area contributed by atoms with E-state index in [4.69, 9.17) is 5.73 Å². The second kappa shape index (κ2) is 26.8. The molecule has 2 unspecified atom stereocenters. The van der Waals surface area contributed by atoms with Crippen molar-refractivity contribution in [3.63, 3.8) is 0 Å². The molecule has 362 valence electrons. The summed E-state index contributed by atoms with van der Waals surface area (Å²) < 4.78 is 0. The molecular formula is C44H62N8O13S. The van der Waals surface area contributed by atoms with Crippen LogP contribution >= 0.6 is 11.8 Å². The number of aliphatic carboxylic acids is 1. The van der Waals surface area contributed by atoms with Crippen molar-refractivity contribution in [1.29, 1.82) is 0 Å². The van der Waals surface area contributed by atoms with Gasteiger partial charge in [0.25, 0.3) is 0 Å². The van der Waals surface area contributed by atoms with Crippen LogP contribution in [-0.4, -0.2) is 140 Å². The molecular weight excluding hydrogens is 881 g/mol. The lowest BCUT2D eigenvalue weighted by molar-refractivity contribution is -0.141. The number of unbranched alkanes of at least 4 members (excludes halogenated alkanes) is 1. The van der Waals surface area contributed by atoms with Gasteiger partial charge in [-0.25, -0.2) is 0 Å². The van der Waals surface area contributed by atoms with E-state index in [2.05, 4.69) is 37.2 Å². The summed E-state index contributed by atoms with van der Waals surface area (Å²) in [7, 11) is 0. The first kappa shape index (κ1) is 54.2. The Balaban J connectivity index is 1.97. The smallest absolute Gasteiger partial charge is 0.305 e. The predicted molar refractivity (Wildman–Crippen MR) is 241 cm³/mol. The number of rotatable bonds is 19. The van der Waals surface area contributed by atoms with E-state index in [0.717, 1.165) is 6.92 Å². The molecule has 13 N–H and O–H groups in total. The highest BCUT2D eigenvalue weighted by molar-refractivity contribution is 8.13. The Morgan fingerprint density at radius 1 is 0.788 bits per heavy atom. The minimum absolute atomic E-state index is 0.0123. The summed E-state index contributed by atoms with van der Waals surface area (Å²) in [6.45, 7) is 5.52. The van der Waals surface area contributed by atoms with Crippen LogP contribution in [0, 0.1) is 5.92 Å². The van der Waals surface area contributed by atoms with Gasteiger partial charge >= 0.3 is 5.97 Å². The van der Waals surface area contributed by atoms with Crippen LogP contribution in [0.4, 0.5) is 0 Å². The number of benzene rings is 2.